The summed E-state index contributed by atoms with van der Waals surface area (Å²) in [5, 5.41) is 10.9. The zero-order valence-corrected chi connectivity index (χ0v) is 14.3. The second kappa shape index (κ2) is 6.54. The predicted octanol–water partition coefficient (Wildman–Crippen LogP) is 4.36. The molecule has 0 N–H and O–H groups in total. The Morgan fingerprint density at radius 3 is 2.38 bits per heavy atom. The summed E-state index contributed by atoms with van der Waals surface area (Å²) in [6.07, 6.45) is 1.22. The number of ether oxygens (including phenoxy) is 2. The molecule has 10 heteroatoms. The summed E-state index contributed by atoms with van der Waals surface area (Å²) < 4.78 is 11.4. The number of hydrogen-bond acceptors (Lipinski definition) is 6. The Morgan fingerprint density at radius 2 is 1.86 bits per heavy atom. The second-order valence-corrected chi connectivity index (χ2v) is 5.67. The van der Waals surface area contributed by atoms with Crippen molar-refractivity contribution >= 4 is 49.1 Å². The molecule has 1 aromatic heterocycles. The Morgan fingerprint density at radius 1 is 1.24 bits per heavy atom. The minimum atomic E-state index is -0.512. The Hall–Kier alpha value is -1.45. The molecule has 0 aliphatic carbocycles. The van der Waals surface area contributed by atoms with E-state index in [0.29, 0.717) is 14.7 Å². The van der Waals surface area contributed by atoms with Crippen molar-refractivity contribution in [3.05, 3.63) is 42.7 Å². The first-order chi connectivity index (χ1) is 9.93. The molecule has 0 saturated heterocycles. The van der Waals surface area contributed by atoms with Crippen LogP contribution in [0.3, 0.4) is 0 Å². The minimum Gasteiger partial charge on any atom is -0.489 e. The van der Waals surface area contributed by atoms with Gasteiger partial charge in [0, 0.05) is 12.1 Å². The lowest BCUT2D eigenvalue weighted by atomic mass is 10.3. The van der Waals surface area contributed by atoms with E-state index in [4.69, 9.17) is 21.1 Å². The molecule has 2 rings (SSSR count). The molecule has 2 aromatic rings. The summed E-state index contributed by atoms with van der Waals surface area (Å²) in [4.78, 5) is 18.0. The predicted molar refractivity (Wildman–Crippen MR) is 82.2 cm³/mol. The van der Waals surface area contributed by atoms with Crippen LogP contribution in [-0.4, -0.2) is 22.0 Å². The van der Waals surface area contributed by atoms with Crippen LogP contribution >= 0.6 is 43.5 Å². The van der Waals surface area contributed by atoms with Crippen molar-refractivity contribution < 1.29 is 14.4 Å². The van der Waals surface area contributed by atoms with Gasteiger partial charge in [-0.3, -0.25) is 10.1 Å². The number of benzene rings is 1. The monoisotopic (exact) mass is 437 g/mol. The van der Waals surface area contributed by atoms with Crippen LogP contribution in [0.15, 0.2) is 27.4 Å². The summed E-state index contributed by atoms with van der Waals surface area (Å²) in [6, 6.07) is 2.63. The molecule has 0 aliphatic heterocycles. The standard InChI is InChI=1S/C11H6Br2ClN3O4/c1-20-9-10(14)15-4-16-11(9)21-8-6(12)2-5(17(18)19)3-7(8)13/h2-4H,1H3. The molecule has 1 heterocycles. The molecule has 0 spiro atoms. The van der Waals surface area contributed by atoms with Crippen LogP contribution in [-0.2, 0) is 0 Å². The van der Waals surface area contributed by atoms with Gasteiger partial charge in [0.15, 0.2) is 10.9 Å². The molecule has 0 fully saturated rings. The van der Waals surface area contributed by atoms with E-state index in [0.717, 1.165) is 0 Å². The van der Waals surface area contributed by atoms with Crippen LogP contribution in [0.4, 0.5) is 5.69 Å². The maximum atomic E-state index is 10.8. The molecule has 0 atom stereocenters. The van der Waals surface area contributed by atoms with E-state index in [1.165, 1.54) is 25.6 Å². The number of rotatable bonds is 4. The molecule has 7 nitrogen and oxygen atoms in total. The average Bonchev–Trinajstić information content (AvgIpc) is 2.42. The van der Waals surface area contributed by atoms with Crippen molar-refractivity contribution in [2.75, 3.05) is 7.11 Å². The van der Waals surface area contributed by atoms with Gasteiger partial charge in [-0.25, -0.2) is 4.98 Å². The SMILES string of the molecule is COc1c(Cl)ncnc1Oc1c(Br)cc([N+](=O)[O-])cc1Br. The van der Waals surface area contributed by atoms with E-state index in [1.54, 1.807) is 0 Å². The van der Waals surface area contributed by atoms with E-state index in [-0.39, 0.29) is 22.5 Å². The second-order valence-electron chi connectivity index (χ2n) is 3.60. The highest BCUT2D eigenvalue weighted by atomic mass is 79.9. The summed E-state index contributed by atoms with van der Waals surface area (Å²) in [7, 11) is 1.40. The van der Waals surface area contributed by atoms with Crippen molar-refractivity contribution in [2.24, 2.45) is 0 Å². The van der Waals surface area contributed by atoms with Crippen molar-refractivity contribution in [3.8, 4) is 17.4 Å². The van der Waals surface area contributed by atoms with E-state index in [2.05, 4.69) is 41.8 Å². The fourth-order valence-electron chi connectivity index (χ4n) is 1.43. The van der Waals surface area contributed by atoms with Crippen LogP contribution in [0.25, 0.3) is 0 Å². The highest BCUT2D eigenvalue weighted by molar-refractivity contribution is 9.11. The lowest BCUT2D eigenvalue weighted by Crippen LogP contribution is -1.97. The quantitative estimate of drug-likeness (QED) is 0.400. The number of hydrogen-bond donors (Lipinski definition) is 0. The van der Waals surface area contributed by atoms with Crippen molar-refractivity contribution in [1.82, 2.24) is 9.97 Å². The van der Waals surface area contributed by atoms with Crippen LogP contribution < -0.4 is 9.47 Å². The molecule has 110 valence electrons. The molecule has 0 unspecified atom stereocenters. The summed E-state index contributed by atoms with van der Waals surface area (Å²) >= 11 is 12.3. The van der Waals surface area contributed by atoms with Gasteiger partial charge in [0.2, 0.25) is 5.75 Å². The highest BCUT2D eigenvalue weighted by Crippen LogP contribution is 2.42. The molecule has 0 radical (unpaired) electrons. The van der Waals surface area contributed by atoms with E-state index < -0.39 is 4.92 Å². The smallest absolute Gasteiger partial charge is 0.271 e. The Labute approximate surface area is 140 Å². The van der Waals surface area contributed by atoms with Crippen LogP contribution in [0.5, 0.6) is 17.4 Å². The van der Waals surface area contributed by atoms with E-state index in [1.807, 2.05) is 0 Å². The van der Waals surface area contributed by atoms with Gasteiger partial charge >= 0.3 is 0 Å². The first-order valence-corrected chi connectivity index (χ1v) is 7.26. The number of nitro groups is 1. The zero-order chi connectivity index (χ0) is 15.6. The molecule has 0 amide bonds. The average molecular weight is 439 g/mol. The summed E-state index contributed by atoms with van der Waals surface area (Å²) in [6.45, 7) is 0. The van der Waals surface area contributed by atoms with Crippen molar-refractivity contribution in [2.45, 2.75) is 0 Å². The zero-order valence-electron chi connectivity index (χ0n) is 10.3. The summed E-state index contributed by atoms with van der Waals surface area (Å²) in [5.41, 5.74) is -0.0891. The first-order valence-electron chi connectivity index (χ1n) is 5.29. The van der Waals surface area contributed by atoms with Crippen molar-refractivity contribution in [3.63, 3.8) is 0 Å². The molecule has 1 aromatic carbocycles. The molecule has 0 bridgehead atoms. The van der Waals surface area contributed by atoms with Gasteiger partial charge in [0.1, 0.15) is 6.33 Å². The van der Waals surface area contributed by atoms with Gasteiger partial charge in [-0.05, 0) is 31.9 Å². The van der Waals surface area contributed by atoms with Gasteiger partial charge in [-0.2, -0.15) is 4.98 Å². The van der Waals surface area contributed by atoms with E-state index >= 15 is 0 Å². The fraction of sp³-hybridized carbons (Fsp3) is 0.0909. The van der Waals surface area contributed by atoms with Crippen LogP contribution in [0.1, 0.15) is 0 Å². The molecular weight excluding hydrogens is 433 g/mol. The Bertz CT molecular complexity index is 691. The maximum absolute atomic E-state index is 10.8. The number of nitrogens with zero attached hydrogens (tertiary/aromatic N) is 3. The largest absolute Gasteiger partial charge is 0.489 e. The Balaban J connectivity index is 2.45. The third-order valence-electron chi connectivity index (χ3n) is 2.32. The van der Waals surface area contributed by atoms with Crippen molar-refractivity contribution in [1.29, 1.82) is 0 Å². The third kappa shape index (κ3) is 3.42. The van der Waals surface area contributed by atoms with Gasteiger partial charge in [-0.15, -0.1) is 0 Å². The maximum Gasteiger partial charge on any atom is 0.271 e. The molecule has 21 heavy (non-hydrogen) atoms. The third-order valence-corrected chi connectivity index (χ3v) is 3.77. The number of non-ortho nitro benzene ring substituents is 1. The first kappa shape index (κ1) is 15.9. The molecule has 0 aliphatic rings. The lowest BCUT2D eigenvalue weighted by Gasteiger charge is -2.12. The van der Waals surface area contributed by atoms with E-state index in [9.17, 15) is 10.1 Å². The van der Waals surface area contributed by atoms with Crippen LogP contribution in [0.2, 0.25) is 5.15 Å². The molecule has 0 saturated carbocycles. The van der Waals surface area contributed by atoms with Gasteiger partial charge in [0.05, 0.1) is 21.0 Å². The normalized spacial score (nSPS) is 10.3. The number of methoxy groups -OCH3 is 1. The fourth-order valence-corrected chi connectivity index (χ4v) is 2.95. The highest BCUT2D eigenvalue weighted by Gasteiger charge is 2.19. The van der Waals surface area contributed by atoms with Gasteiger partial charge < -0.3 is 9.47 Å². The number of aromatic nitrogens is 2. The number of halogens is 3. The van der Waals surface area contributed by atoms with Gasteiger partial charge in [0.25, 0.3) is 11.6 Å². The minimum absolute atomic E-state index is 0.0891. The lowest BCUT2D eigenvalue weighted by molar-refractivity contribution is -0.385. The molecular formula is C11H6Br2ClN3O4. The Kier molecular flexibility index (Phi) is 4.96. The van der Waals surface area contributed by atoms with Gasteiger partial charge in [-0.1, -0.05) is 11.6 Å². The number of nitro benzene ring substituents is 1. The summed E-state index contributed by atoms with van der Waals surface area (Å²) in [5.74, 6) is 0.553. The van der Waals surface area contributed by atoms with Crippen LogP contribution in [0, 0.1) is 10.1 Å². The topological polar surface area (TPSA) is 87.4 Å².